The molecule has 0 aromatic carbocycles. The summed E-state index contributed by atoms with van der Waals surface area (Å²) in [6.07, 6.45) is 0.234. The van der Waals surface area contributed by atoms with Crippen LogP contribution in [0.2, 0.25) is 0 Å². The van der Waals surface area contributed by atoms with Crippen LogP contribution < -0.4 is 16.9 Å². The number of nitrogens with two attached hydrogens (primary N) is 2. The summed E-state index contributed by atoms with van der Waals surface area (Å²) < 4.78 is 0. The van der Waals surface area contributed by atoms with Crippen molar-refractivity contribution in [2.24, 2.45) is 11.5 Å². The third-order valence-corrected chi connectivity index (χ3v) is 0.781. The van der Waals surface area contributed by atoms with Gasteiger partial charge in [-0.15, -0.1) is 0 Å². The van der Waals surface area contributed by atoms with Crippen molar-refractivity contribution in [3.63, 3.8) is 0 Å². The zero-order valence-electron chi connectivity index (χ0n) is 5.80. The second-order valence-electron chi connectivity index (χ2n) is 1.70. The third-order valence-electron chi connectivity index (χ3n) is 0.781. The number of nitrogens with one attached hydrogen (secondary N) is 1. The Morgan fingerprint density at radius 3 is 2.60 bits per heavy atom. The molecule has 60 valence electrons. The van der Waals surface area contributed by atoms with Crippen molar-refractivity contribution >= 4 is 5.97 Å². The summed E-state index contributed by atoms with van der Waals surface area (Å²) in [5.74, 6) is -0.351. The minimum absolute atomic E-state index is 0.234. The number of hydrogen-bond acceptors (Lipinski definition) is 5. The Kier molecular flexibility index (Phi) is 6.05. The summed E-state index contributed by atoms with van der Waals surface area (Å²) in [7, 11) is 0. The van der Waals surface area contributed by atoms with E-state index >= 15 is 0 Å². The van der Waals surface area contributed by atoms with Crippen LogP contribution in [0.3, 0.4) is 0 Å². The second kappa shape index (κ2) is 6.47. The summed E-state index contributed by atoms with van der Waals surface area (Å²) in [6.45, 7) is 1.22. The number of carbonyl (C=O) groups is 1. The first-order valence-electron chi connectivity index (χ1n) is 3.14. The van der Waals surface area contributed by atoms with E-state index in [1.165, 1.54) is 0 Å². The predicted molar refractivity (Wildman–Crippen MR) is 36.8 cm³/mol. The van der Waals surface area contributed by atoms with Gasteiger partial charge in [-0.3, -0.25) is 4.79 Å². The molecule has 0 aromatic rings. The van der Waals surface area contributed by atoms with Crippen LogP contribution in [0.5, 0.6) is 0 Å². The van der Waals surface area contributed by atoms with Gasteiger partial charge in [-0.2, -0.15) is 5.48 Å². The molecule has 10 heavy (non-hydrogen) atoms. The molecule has 0 rings (SSSR count). The van der Waals surface area contributed by atoms with Crippen molar-refractivity contribution in [3.8, 4) is 0 Å². The minimum atomic E-state index is -0.351. The number of carbonyl (C=O) groups excluding carboxylic acids is 1. The lowest BCUT2D eigenvalue weighted by molar-refractivity contribution is -0.150. The Morgan fingerprint density at radius 1 is 1.40 bits per heavy atom. The molecule has 0 aliphatic carbocycles. The molecular formula is C5H13N3O2. The molecule has 0 aromatic heterocycles. The molecule has 5 nitrogen and oxygen atoms in total. The van der Waals surface area contributed by atoms with E-state index in [1.807, 2.05) is 0 Å². The van der Waals surface area contributed by atoms with Gasteiger partial charge in [-0.05, 0) is 0 Å². The largest absolute Gasteiger partial charge is 0.371 e. The highest BCUT2D eigenvalue weighted by Gasteiger charge is 1.98. The first-order chi connectivity index (χ1) is 4.81. The molecule has 0 aliphatic heterocycles. The standard InChI is InChI=1S/C5H13N3O2/c6-2-1-5(9)10-8-4-3-7/h8H,1-4,6-7H2. The monoisotopic (exact) mass is 147 g/mol. The van der Waals surface area contributed by atoms with Crippen molar-refractivity contribution < 1.29 is 9.63 Å². The average molecular weight is 147 g/mol. The van der Waals surface area contributed by atoms with Crippen molar-refractivity contribution in [2.75, 3.05) is 19.6 Å². The molecule has 0 aliphatic rings. The lowest BCUT2D eigenvalue weighted by atomic mass is 10.4. The molecule has 0 bridgehead atoms. The average Bonchev–Trinajstić information content (AvgIpc) is 1.89. The van der Waals surface area contributed by atoms with E-state index in [9.17, 15) is 4.79 Å². The van der Waals surface area contributed by atoms with Crippen molar-refractivity contribution in [2.45, 2.75) is 6.42 Å². The minimum Gasteiger partial charge on any atom is -0.371 e. The smallest absolute Gasteiger partial charge is 0.326 e. The molecule has 5 heteroatoms. The van der Waals surface area contributed by atoms with E-state index in [0.29, 0.717) is 19.6 Å². The van der Waals surface area contributed by atoms with Crippen LogP contribution >= 0.6 is 0 Å². The molecule has 0 unspecified atom stereocenters. The topological polar surface area (TPSA) is 90.4 Å². The van der Waals surface area contributed by atoms with Gasteiger partial charge < -0.3 is 16.3 Å². The summed E-state index contributed by atoms with van der Waals surface area (Å²) in [4.78, 5) is 15.0. The highest BCUT2D eigenvalue weighted by atomic mass is 16.7. The Morgan fingerprint density at radius 2 is 2.10 bits per heavy atom. The Bertz CT molecular complexity index is 96.9. The molecule has 0 amide bonds. The normalized spacial score (nSPS) is 9.40. The lowest BCUT2D eigenvalue weighted by Gasteiger charge is -2.01. The van der Waals surface area contributed by atoms with Gasteiger partial charge in [0.05, 0.1) is 6.42 Å². The molecule has 0 saturated carbocycles. The van der Waals surface area contributed by atoms with Gasteiger partial charge in [0.2, 0.25) is 0 Å². The molecule has 5 N–H and O–H groups in total. The third kappa shape index (κ3) is 5.49. The van der Waals surface area contributed by atoms with Crippen LogP contribution in [0, 0.1) is 0 Å². The fraction of sp³-hybridized carbons (Fsp3) is 0.800. The van der Waals surface area contributed by atoms with Crippen molar-refractivity contribution in [1.82, 2.24) is 5.48 Å². The molecule has 0 radical (unpaired) electrons. The van der Waals surface area contributed by atoms with Gasteiger partial charge in [-0.1, -0.05) is 0 Å². The van der Waals surface area contributed by atoms with E-state index in [-0.39, 0.29) is 12.4 Å². The molecule has 0 fully saturated rings. The van der Waals surface area contributed by atoms with Gasteiger partial charge in [-0.25, -0.2) is 0 Å². The number of hydroxylamine groups is 1. The van der Waals surface area contributed by atoms with Gasteiger partial charge in [0.25, 0.3) is 0 Å². The summed E-state index contributed by atoms with van der Waals surface area (Å²) in [6, 6.07) is 0. The van der Waals surface area contributed by atoms with Gasteiger partial charge in [0.15, 0.2) is 0 Å². The van der Waals surface area contributed by atoms with Gasteiger partial charge >= 0.3 is 5.97 Å². The second-order valence-corrected chi connectivity index (χ2v) is 1.70. The maximum Gasteiger partial charge on any atom is 0.326 e. The fourth-order valence-corrected chi connectivity index (χ4v) is 0.359. The lowest BCUT2D eigenvalue weighted by Crippen LogP contribution is -2.26. The van der Waals surface area contributed by atoms with E-state index in [4.69, 9.17) is 11.5 Å². The zero-order chi connectivity index (χ0) is 7.82. The van der Waals surface area contributed by atoms with Crippen LogP contribution in [0.4, 0.5) is 0 Å². The maximum atomic E-state index is 10.5. The highest BCUT2D eigenvalue weighted by molar-refractivity contribution is 5.69. The quantitative estimate of drug-likeness (QED) is 0.320. The Balaban J connectivity index is 3.05. The summed E-state index contributed by atoms with van der Waals surface area (Å²) in [5.41, 5.74) is 12.6. The van der Waals surface area contributed by atoms with Gasteiger partial charge in [0, 0.05) is 19.6 Å². The van der Waals surface area contributed by atoms with Crippen molar-refractivity contribution in [3.05, 3.63) is 0 Å². The zero-order valence-corrected chi connectivity index (χ0v) is 5.80. The van der Waals surface area contributed by atoms with Crippen LogP contribution in [0.15, 0.2) is 0 Å². The van der Waals surface area contributed by atoms with E-state index in [0.717, 1.165) is 0 Å². The maximum absolute atomic E-state index is 10.5. The Labute approximate surface area is 59.7 Å². The highest BCUT2D eigenvalue weighted by Crippen LogP contribution is 1.77. The molecule has 0 saturated heterocycles. The molecule has 0 heterocycles. The van der Waals surface area contributed by atoms with E-state index in [1.54, 1.807) is 0 Å². The first kappa shape index (κ1) is 9.35. The first-order valence-corrected chi connectivity index (χ1v) is 3.14. The number of rotatable bonds is 5. The molecule has 0 spiro atoms. The van der Waals surface area contributed by atoms with E-state index in [2.05, 4.69) is 10.3 Å². The van der Waals surface area contributed by atoms with Crippen LogP contribution in [0.25, 0.3) is 0 Å². The SMILES string of the molecule is NCCNOC(=O)CCN. The van der Waals surface area contributed by atoms with Crippen molar-refractivity contribution in [1.29, 1.82) is 0 Å². The Hall–Kier alpha value is -0.650. The summed E-state index contributed by atoms with van der Waals surface area (Å²) >= 11 is 0. The number of hydrogen-bond donors (Lipinski definition) is 3. The van der Waals surface area contributed by atoms with Gasteiger partial charge in [0.1, 0.15) is 0 Å². The van der Waals surface area contributed by atoms with Crippen LogP contribution in [0.1, 0.15) is 6.42 Å². The molecular weight excluding hydrogens is 134 g/mol. The summed E-state index contributed by atoms with van der Waals surface area (Å²) in [5, 5.41) is 0. The van der Waals surface area contributed by atoms with E-state index < -0.39 is 0 Å². The van der Waals surface area contributed by atoms with Crippen LogP contribution in [-0.2, 0) is 9.63 Å². The predicted octanol–water partition coefficient (Wildman–Crippen LogP) is -1.66. The van der Waals surface area contributed by atoms with Crippen LogP contribution in [-0.4, -0.2) is 25.6 Å². The fourth-order valence-electron chi connectivity index (χ4n) is 0.359. The molecule has 0 atom stereocenters.